The summed E-state index contributed by atoms with van der Waals surface area (Å²) >= 11 is 0. The number of piperazine rings is 1. The lowest BCUT2D eigenvalue weighted by Crippen LogP contribution is -2.44. The summed E-state index contributed by atoms with van der Waals surface area (Å²) in [6, 6.07) is 2.99. The maximum absolute atomic E-state index is 12.7. The van der Waals surface area contributed by atoms with Crippen LogP contribution < -0.4 is 10.2 Å². The molecular formula is C10H13F2N3. The lowest BCUT2D eigenvalue weighted by molar-refractivity contribution is 0.151. The van der Waals surface area contributed by atoms with Crippen molar-refractivity contribution in [2.75, 3.05) is 31.1 Å². The molecule has 5 heteroatoms. The van der Waals surface area contributed by atoms with Crippen LogP contribution in [0.5, 0.6) is 0 Å². The molecule has 0 aliphatic carbocycles. The Morgan fingerprint density at radius 2 is 2.07 bits per heavy atom. The highest BCUT2D eigenvalue weighted by Crippen LogP contribution is 2.27. The number of nitrogens with zero attached hydrogens (tertiary/aromatic N) is 2. The molecule has 0 saturated carbocycles. The molecule has 0 bridgehead atoms. The Morgan fingerprint density at radius 3 is 2.73 bits per heavy atom. The maximum atomic E-state index is 12.7. The van der Waals surface area contributed by atoms with Gasteiger partial charge in [0.1, 0.15) is 5.82 Å². The zero-order chi connectivity index (χ0) is 10.7. The molecule has 2 heterocycles. The van der Waals surface area contributed by atoms with Crippen LogP contribution in [0, 0.1) is 0 Å². The quantitative estimate of drug-likeness (QED) is 0.805. The molecule has 0 radical (unpaired) electrons. The van der Waals surface area contributed by atoms with Crippen LogP contribution in [0.25, 0.3) is 0 Å². The highest BCUT2D eigenvalue weighted by Gasteiger charge is 2.19. The van der Waals surface area contributed by atoms with Crippen LogP contribution in [-0.4, -0.2) is 31.2 Å². The molecule has 0 spiro atoms. The van der Waals surface area contributed by atoms with Gasteiger partial charge >= 0.3 is 0 Å². The molecule has 0 aromatic carbocycles. The van der Waals surface area contributed by atoms with E-state index >= 15 is 0 Å². The zero-order valence-corrected chi connectivity index (χ0v) is 8.29. The summed E-state index contributed by atoms with van der Waals surface area (Å²) in [5.74, 6) is 0.425. The molecule has 3 nitrogen and oxygen atoms in total. The molecule has 0 unspecified atom stereocenters. The van der Waals surface area contributed by atoms with Crippen LogP contribution in [-0.2, 0) is 0 Å². The van der Waals surface area contributed by atoms with Gasteiger partial charge in [0.2, 0.25) is 0 Å². The van der Waals surface area contributed by atoms with E-state index in [0.29, 0.717) is 5.82 Å². The maximum Gasteiger partial charge on any atom is 0.267 e. The first-order chi connectivity index (χ1) is 7.29. The number of alkyl halides is 2. The molecule has 1 aromatic heterocycles. The second-order valence-electron chi connectivity index (χ2n) is 3.45. The van der Waals surface area contributed by atoms with Crippen molar-refractivity contribution in [2.24, 2.45) is 0 Å². The number of anilines is 1. The largest absolute Gasteiger partial charge is 0.354 e. The summed E-state index contributed by atoms with van der Waals surface area (Å²) in [5.41, 5.74) is 0.0272. The average Bonchev–Trinajstić information content (AvgIpc) is 2.30. The lowest BCUT2D eigenvalue weighted by atomic mass is 10.2. The molecule has 0 atom stereocenters. The second-order valence-corrected chi connectivity index (χ2v) is 3.45. The average molecular weight is 213 g/mol. The highest BCUT2D eigenvalue weighted by atomic mass is 19.3. The van der Waals surface area contributed by atoms with Crippen LogP contribution in [0.4, 0.5) is 14.6 Å². The second kappa shape index (κ2) is 4.53. The molecule has 1 fully saturated rings. The first-order valence-corrected chi connectivity index (χ1v) is 4.98. The summed E-state index contributed by atoms with van der Waals surface area (Å²) in [7, 11) is 0. The number of pyridine rings is 1. The normalized spacial score (nSPS) is 17.1. The fraction of sp³-hybridized carbons (Fsp3) is 0.500. The predicted molar refractivity (Wildman–Crippen MR) is 54.3 cm³/mol. The molecule has 1 aromatic rings. The van der Waals surface area contributed by atoms with Crippen LogP contribution in [0.15, 0.2) is 18.3 Å². The van der Waals surface area contributed by atoms with Gasteiger partial charge in [0.05, 0.1) is 5.56 Å². The van der Waals surface area contributed by atoms with E-state index in [0.717, 1.165) is 26.2 Å². The number of halogens is 2. The van der Waals surface area contributed by atoms with Gasteiger partial charge in [-0.1, -0.05) is 0 Å². The Labute approximate surface area is 87.1 Å². The van der Waals surface area contributed by atoms with Crippen molar-refractivity contribution in [3.63, 3.8) is 0 Å². The van der Waals surface area contributed by atoms with Crippen LogP contribution in [0.2, 0.25) is 0 Å². The van der Waals surface area contributed by atoms with Gasteiger partial charge in [-0.3, -0.25) is 0 Å². The van der Waals surface area contributed by atoms with Crippen molar-refractivity contribution in [3.05, 3.63) is 23.9 Å². The third-order valence-electron chi connectivity index (χ3n) is 2.47. The van der Waals surface area contributed by atoms with Gasteiger partial charge < -0.3 is 10.2 Å². The minimum atomic E-state index is -2.46. The first kappa shape index (κ1) is 10.3. The molecule has 1 saturated heterocycles. The molecule has 0 amide bonds. The van der Waals surface area contributed by atoms with Crippen molar-refractivity contribution in [2.45, 2.75) is 6.43 Å². The van der Waals surface area contributed by atoms with Gasteiger partial charge in [-0.25, -0.2) is 13.8 Å². The first-order valence-electron chi connectivity index (χ1n) is 4.98. The van der Waals surface area contributed by atoms with Gasteiger partial charge in [0.25, 0.3) is 6.43 Å². The van der Waals surface area contributed by atoms with Gasteiger partial charge in [-0.05, 0) is 12.1 Å². The van der Waals surface area contributed by atoms with Gasteiger partial charge in [0, 0.05) is 32.4 Å². The van der Waals surface area contributed by atoms with Crippen LogP contribution in [0.3, 0.4) is 0 Å². The molecule has 1 aliphatic rings. The minimum Gasteiger partial charge on any atom is -0.354 e. The van der Waals surface area contributed by atoms with Crippen molar-refractivity contribution in [1.82, 2.24) is 10.3 Å². The molecule has 1 aliphatic heterocycles. The van der Waals surface area contributed by atoms with Crippen LogP contribution >= 0.6 is 0 Å². The SMILES string of the molecule is FC(F)c1cccnc1N1CCNCC1. The third-order valence-corrected chi connectivity index (χ3v) is 2.47. The number of rotatable bonds is 2. The van der Waals surface area contributed by atoms with E-state index < -0.39 is 6.43 Å². The molecule has 82 valence electrons. The zero-order valence-electron chi connectivity index (χ0n) is 8.29. The third kappa shape index (κ3) is 2.23. The fourth-order valence-corrected chi connectivity index (χ4v) is 1.72. The Morgan fingerprint density at radius 1 is 1.33 bits per heavy atom. The van der Waals surface area contributed by atoms with E-state index in [9.17, 15) is 8.78 Å². The number of hydrogen-bond donors (Lipinski definition) is 1. The Kier molecular flexibility index (Phi) is 3.11. The van der Waals surface area contributed by atoms with E-state index in [4.69, 9.17) is 0 Å². The fourth-order valence-electron chi connectivity index (χ4n) is 1.72. The van der Waals surface area contributed by atoms with E-state index in [-0.39, 0.29) is 5.56 Å². The predicted octanol–water partition coefficient (Wildman–Crippen LogP) is 1.43. The molecule has 1 N–H and O–H groups in total. The Balaban J connectivity index is 2.25. The van der Waals surface area contributed by atoms with Gasteiger partial charge in [-0.2, -0.15) is 0 Å². The number of nitrogens with one attached hydrogen (secondary N) is 1. The van der Waals surface area contributed by atoms with E-state index in [1.54, 1.807) is 12.3 Å². The monoisotopic (exact) mass is 213 g/mol. The van der Waals surface area contributed by atoms with Gasteiger partial charge in [-0.15, -0.1) is 0 Å². The van der Waals surface area contributed by atoms with Crippen molar-refractivity contribution in [3.8, 4) is 0 Å². The van der Waals surface area contributed by atoms with Crippen molar-refractivity contribution >= 4 is 5.82 Å². The Bertz CT molecular complexity index is 324. The summed E-state index contributed by atoms with van der Waals surface area (Å²) in [4.78, 5) is 5.94. The van der Waals surface area contributed by atoms with Gasteiger partial charge in [0.15, 0.2) is 0 Å². The van der Waals surface area contributed by atoms with E-state index in [1.807, 2.05) is 4.90 Å². The topological polar surface area (TPSA) is 28.2 Å². The summed E-state index contributed by atoms with van der Waals surface area (Å²) < 4.78 is 25.4. The Hall–Kier alpha value is -1.23. The summed E-state index contributed by atoms with van der Waals surface area (Å²) in [5, 5.41) is 3.18. The highest BCUT2D eigenvalue weighted by molar-refractivity contribution is 5.47. The van der Waals surface area contributed by atoms with Crippen molar-refractivity contribution < 1.29 is 8.78 Å². The smallest absolute Gasteiger partial charge is 0.267 e. The standard InChI is InChI=1S/C10H13F2N3/c11-9(12)8-2-1-3-14-10(8)15-6-4-13-5-7-15/h1-3,9,13H,4-7H2. The molecule has 15 heavy (non-hydrogen) atoms. The van der Waals surface area contributed by atoms with Crippen molar-refractivity contribution in [1.29, 1.82) is 0 Å². The molecular weight excluding hydrogens is 200 g/mol. The molecule has 2 rings (SSSR count). The van der Waals surface area contributed by atoms with E-state index in [2.05, 4.69) is 10.3 Å². The summed E-state index contributed by atoms with van der Waals surface area (Å²) in [6.45, 7) is 3.10. The van der Waals surface area contributed by atoms with Crippen LogP contribution in [0.1, 0.15) is 12.0 Å². The van der Waals surface area contributed by atoms with E-state index in [1.165, 1.54) is 6.07 Å². The summed E-state index contributed by atoms with van der Waals surface area (Å²) in [6.07, 6.45) is -0.896. The lowest BCUT2D eigenvalue weighted by Gasteiger charge is -2.29. The number of aromatic nitrogens is 1. The minimum absolute atomic E-state index is 0.0272. The number of hydrogen-bond acceptors (Lipinski definition) is 3.